The van der Waals surface area contributed by atoms with E-state index in [2.05, 4.69) is 0 Å². The predicted octanol–water partition coefficient (Wildman–Crippen LogP) is 0.231. The van der Waals surface area contributed by atoms with Crippen molar-refractivity contribution in [3.63, 3.8) is 0 Å². The van der Waals surface area contributed by atoms with Crippen molar-refractivity contribution in [3.8, 4) is 6.07 Å². The number of rotatable bonds is 1. The van der Waals surface area contributed by atoms with Crippen LogP contribution >= 0.6 is 0 Å². The third-order valence-electron chi connectivity index (χ3n) is 1.56. The number of amides is 2. The molecule has 0 unspecified atom stereocenters. The van der Waals surface area contributed by atoms with Crippen LogP contribution in [0.15, 0.2) is 0 Å². The highest BCUT2D eigenvalue weighted by Gasteiger charge is 2.24. The van der Waals surface area contributed by atoms with Crippen LogP contribution < -0.4 is 5.73 Å². The summed E-state index contributed by atoms with van der Waals surface area (Å²) < 4.78 is 0. The van der Waals surface area contributed by atoms with E-state index >= 15 is 0 Å². The van der Waals surface area contributed by atoms with Crippen LogP contribution in [0.5, 0.6) is 0 Å². The highest BCUT2D eigenvalue weighted by atomic mass is 16.2. The van der Waals surface area contributed by atoms with Gasteiger partial charge >= 0.3 is 6.03 Å². The lowest BCUT2D eigenvalue weighted by Gasteiger charge is -2.10. The van der Waals surface area contributed by atoms with Crippen molar-refractivity contribution in [1.82, 2.24) is 9.80 Å². The second kappa shape index (κ2) is 6.22. The third kappa shape index (κ3) is 4.67. The number of hydrogen-bond donors (Lipinski definition) is 1. The Bertz CT molecular complexity index is 219. The topological polar surface area (TPSA) is 73.4 Å². The van der Waals surface area contributed by atoms with Crippen molar-refractivity contribution in [3.05, 3.63) is 0 Å². The monoisotopic (exact) mass is 198 g/mol. The molecule has 1 aliphatic heterocycles. The fourth-order valence-corrected chi connectivity index (χ4v) is 0.935. The van der Waals surface area contributed by atoms with E-state index < -0.39 is 0 Å². The number of carbonyl (C=O) groups is 1. The average Bonchev–Trinajstić information content (AvgIpc) is 2.36. The molecule has 1 rings (SSSR count). The maximum absolute atomic E-state index is 11.0. The standard InChI is InChI=1S/C6H9N3O.C3H9N/c1-8-4-5-9(3-2-7)6(8)10;1-3(2)4/h3-5H2,1H3;3H,4H2,1-2H3. The quantitative estimate of drug-likeness (QED) is 0.613. The number of nitrogens with two attached hydrogens (primary N) is 1. The minimum Gasteiger partial charge on any atom is -0.328 e. The summed E-state index contributed by atoms with van der Waals surface area (Å²) in [6, 6.07) is 2.23. The third-order valence-corrected chi connectivity index (χ3v) is 1.56. The molecule has 0 aromatic rings. The second-order valence-electron chi connectivity index (χ2n) is 3.53. The molecule has 5 heteroatoms. The molecule has 1 fully saturated rings. The first-order valence-electron chi connectivity index (χ1n) is 4.61. The zero-order valence-corrected chi connectivity index (χ0v) is 9.03. The first-order valence-corrected chi connectivity index (χ1v) is 4.61. The maximum atomic E-state index is 11.0. The molecule has 80 valence electrons. The van der Waals surface area contributed by atoms with Gasteiger partial charge in [0, 0.05) is 20.1 Å². The molecule has 1 aliphatic rings. The van der Waals surface area contributed by atoms with E-state index in [9.17, 15) is 4.79 Å². The maximum Gasteiger partial charge on any atom is 0.320 e. The summed E-state index contributed by atoms with van der Waals surface area (Å²) in [6.07, 6.45) is 0. The van der Waals surface area contributed by atoms with Gasteiger partial charge in [-0.1, -0.05) is 13.8 Å². The Morgan fingerprint density at radius 1 is 1.57 bits per heavy atom. The number of carbonyl (C=O) groups excluding carboxylic acids is 1. The van der Waals surface area contributed by atoms with Gasteiger partial charge in [-0.15, -0.1) is 0 Å². The lowest BCUT2D eigenvalue weighted by atomic mass is 10.5. The van der Waals surface area contributed by atoms with Gasteiger partial charge in [0.05, 0.1) is 6.07 Å². The van der Waals surface area contributed by atoms with Crippen LogP contribution in [0, 0.1) is 11.3 Å². The van der Waals surface area contributed by atoms with E-state index in [0.29, 0.717) is 12.6 Å². The van der Waals surface area contributed by atoms with Crippen LogP contribution in [0.2, 0.25) is 0 Å². The van der Waals surface area contributed by atoms with Crippen molar-refractivity contribution in [2.75, 3.05) is 26.7 Å². The van der Waals surface area contributed by atoms with Gasteiger partial charge in [-0.2, -0.15) is 5.26 Å². The number of nitriles is 1. The lowest BCUT2D eigenvalue weighted by molar-refractivity contribution is 0.202. The van der Waals surface area contributed by atoms with E-state index in [4.69, 9.17) is 11.0 Å². The Kier molecular flexibility index (Phi) is 5.65. The highest BCUT2D eigenvalue weighted by molar-refractivity contribution is 5.76. The first-order chi connectivity index (χ1) is 6.49. The van der Waals surface area contributed by atoms with Gasteiger partial charge in [0.25, 0.3) is 0 Å². The normalized spacial score (nSPS) is 15.3. The van der Waals surface area contributed by atoms with Crippen LogP contribution in [-0.2, 0) is 0 Å². The van der Waals surface area contributed by atoms with Crippen molar-refractivity contribution in [2.24, 2.45) is 5.73 Å². The molecule has 0 aromatic carbocycles. The fraction of sp³-hybridized carbons (Fsp3) is 0.778. The minimum absolute atomic E-state index is 0.0402. The summed E-state index contributed by atoms with van der Waals surface area (Å²) in [7, 11) is 1.74. The molecule has 0 atom stereocenters. The van der Waals surface area contributed by atoms with Crippen LogP contribution in [-0.4, -0.2) is 48.6 Å². The molecule has 0 spiro atoms. The molecule has 5 nitrogen and oxygen atoms in total. The van der Waals surface area contributed by atoms with Gasteiger partial charge in [0.2, 0.25) is 0 Å². The fourth-order valence-electron chi connectivity index (χ4n) is 0.935. The summed E-state index contributed by atoms with van der Waals surface area (Å²) in [4.78, 5) is 14.1. The van der Waals surface area contributed by atoms with E-state index in [1.807, 2.05) is 19.9 Å². The second-order valence-corrected chi connectivity index (χ2v) is 3.53. The van der Waals surface area contributed by atoms with Crippen molar-refractivity contribution in [1.29, 1.82) is 5.26 Å². The SMILES string of the molecule is CC(C)N.CN1CCN(CC#N)C1=O. The molecule has 0 radical (unpaired) electrons. The summed E-state index contributed by atoms with van der Waals surface area (Å²) >= 11 is 0. The zero-order chi connectivity index (χ0) is 11.1. The number of nitrogens with zero attached hydrogens (tertiary/aromatic N) is 3. The van der Waals surface area contributed by atoms with Gasteiger partial charge in [-0.05, 0) is 6.04 Å². The highest BCUT2D eigenvalue weighted by Crippen LogP contribution is 2.03. The largest absolute Gasteiger partial charge is 0.328 e. The van der Waals surface area contributed by atoms with E-state index in [1.54, 1.807) is 11.9 Å². The number of likely N-dealkylation sites (N-methyl/N-ethyl adjacent to an activating group) is 1. The van der Waals surface area contributed by atoms with Crippen molar-refractivity contribution < 1.29 is 4.79 Å². The lowest BCUT2D eigenvalue weighted by Crippen LogP contribution is -2.29. The molecule has 0 aromatic heterocycles. The Morgan fingerprint density at radius 2 is 2.07 bits per heavy atom. The molecule has 1 heterocycles. The molecule has 0 aliphatic carbocycles. The Balaban J connectivity index is 0.000000364. The van der Waals surface area contributed by atoms with Crippen LogP contribution in [0.4, 0.5) is 4.79 Å². The summed E-state index contributed by atoms with van der Waals surface area (Å²) in [6.45, 7) is 5.52. The summed E-state index contributed by atoms with van der Waals surface area (Å²) in [5.74, 6) is 0. The number of urea groups is 1. The minimum atomic E-state index is -0.0402. The van der Waals surface area contributed by atoms with Gasteiger partial charge in [0.15, 0.2) is 0 Å². The molecular weight excluding hydrogens is 180 g/mol. The van der Waals surface area contributed by atoms with Crippen LogP contribution in [0.25, 0.3) is 0 Å². The smallest absolute Gasteiger partial charge is 0.320 e. The summed E-state index contributed by atoms with van der Waals surface area (Å²) in [5, 5.41) is 8.27. The predicted molar refractivity (Wildman–Crippen MR) is 54.5 cm³/mol. The molecule has 0 bridgehead atoms. The van der Waals surface area contributed by atoms with E-state index in [0.717, 1.165) is 6.54 Å². The van der Waals surface area contributed by atoms with E-state index in [-0.39, 0.29) is 12.6 Å². The van der Waals surface area contributed by atoms with Gasteiger partial charge < -0.3 is 15.5 Å². The van der Waals surface area contributed by atoms with Gasteiger partial charge in [0.1, 0.15) is 6.54 Å². The molecule has 2 amide bonds. The van der Waals surface area contributed by atoms with Gasteiger partial charge in [-0.25, -0.2) is 4.79 Å². The molecule has 2 N–H and O–H groups in total. The van der Waals surface area contributed by atoms with Gasteiger partial charge in [-0.3, -0.25) is 0 Å². The molecule has 14 heavy (non-hydrogen) atoms. The Morgan fingerprint density at radius 3 is 2.36 bits per heavy atom. The molecule has 1 saturated heterocycles. The Hall–Kier alpha value is -1.28. The molecular formula is C9H18N4O. The average molecular weight is 198 g/mol. The number of hydrogen-bond acceptors (Lipinski definition) is 3. The Labute approximate surface area is 85.1 Å². The van der Waals surface area contributed by atoms with Crippen molar-refractivity contribution >= 4 is 6.03 Å². The van der Waals surface area contributed by atoms with Crippen LogP contribution in [0.1, 0.15) is 13.8 Å². The molecule has 0 saturated carbocycles. The van der Waals surface area contributed by atoms with Crippen molar-refractivity contribution in [2.45, 2.75) is 19.9 Å². The summed E-state index contributed by atoms with van der Waals surface area (Å²) in [5.41, 5.74) is 5.11. The zero-order valence-electron chi connectivity index (χ0n) is 9.03. The van der Waals surface area contributed by atoms with Crippen LogP contribution in [0.3, 0.4) is 0 Å². The van der Waals surface area contributed by atoms with E-state index in [1.165, 1.54) is 4.90 Å². The first kappa shape index (κ1) is 12.7.